The molecule has 114 valence electrons. The minimum Gasteiger partial charge on any atom is -0.394 e. The normalized spacial score (nSPS) is 46.5. The fourth-order valence-corrected chi connectivity index (χ4v) is 7.20. The maximum atomic E-state index is 12.9. The molecule has 4 atom stereocenters. The van der Waals surface area contributed by atoms with Gasteiger partial charge in [-0.1, -0.05) is 22.9 Å². The van der Waals surface area contributed by atoms with Crippen LogP contribution in [0.5, 0.6) is 0 Å². The van der Waals surface area contributed by atoms with Crippen molar-refractivity contribution in [1.82, 2.24) is 5.32 Å². The van der Waals surface area contributed by atoms with E-state index in [0.29, 0.717) is 11.3 Å². The van der Waals surface area contributed by atoms with Crippen LogP contribution in [0.15, 0.2) is 0 Å². The number of rotatable bonds is 3. The van der Waals surface area contributed by atoms with Crippen LogP contribution in [0.25, 0.3) is 0 Å². The third-order valence-corrected chi connectivity index (χ3v) is 6.49. The molecule has 0 aromatic rings. The summed E-state index contributed by atoms with van der Waals surface area (Å²) in [7, 11) is 0. The number of amides is 1. The first-order chi connectivity index (χ1) is 9.10. The zero-order valence-electron chi connectivity index (χ0n) is 12.8. The molecule has 0 spiro atoms. The van der Waals surface area contributed by atoms with Crippen LogP contribution in [0.1, 0.15) is 59.3 Å². The molecule has 4 heteroatoms. The van der Waals surface area contributed by atoms with E-state index >= 15 is 0 Å². The number of carbonyl (C=O) groups excluding carboxylic acids is 1. The van der Waals surface area contributed by atoms with Gasteiger partial charge in [0.2, 0.25) is 5.91 Å². The summed E-state index contributed by atoms with van der Waals surface area (Å²) in [6.45, 7) is 6.11. The Morgan fingerprint density at radius 3 is 2.55 bits per heavy atom. The SMILES string of the molecule is CC12CC3CC(Br)(C1)CC(C(=O)NC(C)(C)CO)(C3)C2. The molecule has 4 aliphatic rings. The van der Waals surface area contributed by atoms with Crippen LogP contribution in [-0.4, -0.2) is 27.5 Å². The van der Waals surface area contributed by atoms with Crippen molar-refractivity contribution in [1.29, 1.82) is 0 Å². The summed E-state index contributed by atoms with van der Waals surface area (Å²) in [6, 6.07) is 0. The third-order valence-electron chi connectivity index (χ3n) is 5.61. The Labute approximate surface area is 130 Å². The van der Waals surface area contributed by atoms with E-state index < -0.39 is 5.54 Å². The molecule has 3 nitrogen and oxygen atoms in total. The molecule has 4 fully saturated rings. The van der Waals surface area contributed by atoms with Crippen molar-refractivity contribution >= 4 is 21.8 Å². The minimum atomic E-state index is -0.527. The Hall–Kier alpha value is -0.0900. The lowest BCUT2D eigenvalue weighted by Crippen LogP contribution is -2.63. The molecule has 4 saturated carbocycles. The molecular formula is C16H26BrNO2. The molecule has 0 saturated heterocycles. The first kappa shape index (κ1) is 14.8. The molecule has 0 aromatic heterocycles. The summed E-state index contributed by atoms with van der Waals surface area (Å²) in [5.41, 5.74) is -0.436. The van der Waals surface area contributed by atoms with Crippen LogP contribution in [0.4, 0.5) is 0 Å². The van der Waals surface area contributed by atoms with Crippen molar-refractivity contribution < 1.29 is 9.90 Å². The molecular weight excluding hydrogens is 318 g/mol. The number of halogens is 1. The molecule has 4 rings (SSSR count). The highest BCUT2D eigenvalue weighted by Gasteiger charge is 2.63. The standard InChI is InChI=1S/C16H26BrNO2/c1-13(2,10-19)18-12(20)15-5-11-4-14(3,7-15)8-16(17,6-11)9-15/h11,19H,4-10H2,1-3H3,(H,18,20). The highest BCUT2D eigenvalue weighted by molar-refractivity contribution is 9.10. The van der Waals surface area contributed by atoms with Gasteiger partial charge >= 0.3 is 0 Å². The van der Waals surface area contributed by atoms with Crippen LogP contribution in [0, 0.1) is 16.7 Å². The van der Waals surface area contributed by atoms with E-state index in [9.17, 15) is 9.90 Å². The summed E-state index contributed by atoms with van der Waals surface area (Å²) in [5.74, 6) is 0.842. The van der Waals surface area contributed by atoms with Gasteiger partial charge in [0.05, 0.1) is 17.6 Å². The zero-order valence-corrected chi connectivity index (χ0v) is 14.3. The van der Waals surface area contributed by atoms with Crippen LogP contribution in [-0.2, 0) is 4.79 Å². The van der Waals surface area contributed by atoms with E-state index in [2.05, 4.69) is 28.2 Å². The average Bonchev–Trinajstić information content (AvgIpc) is 2.23. The number of hydrogen-bond donors (Lipinski definition) is 2. The second kappa shape index (κ2) is 4.22. The van der Waals surface area contributed by atoms with Crippen molar-refractivity contribution in [3.05, 3.63) is 0 Å². The molecule has 20 heavy (non-hydrogen) atoms. The van der Waals surface area contributed by atoms with E-state index in [1.807, 2.05) is 13.8 Å². The largest absolute Gasteiger partial charge is 0.394 e. The van der Waals surface area contributed by atoms with E-state index in [-0.39, 0.29) is 22.3 Å². The van der Waals surface area contributed by atoms with E-state index in [1.54, 1.807) is 0 Å². The van der Waals surface area contributed by atoms with Gasteiger partial charge in [0.15, 0.2) is 0 Å². The average molecular weight is 344 g/mol. The van der Waals surface area contributed by atoms with E-state index in [0.717, 1.165) is 19.3 Å². The van der Waals surface area contributed by atoms with E-state index in [4.69, 9.17) is 0 Å². The summed E-state index contributed by atoms with van der Waals surface area (Å²) in [5, 5.41) is 12.5. The first-order valence-electron chi connectivity index (χ1n) is 7.72. The fourth-order valence-electron chi connectivity index (χ4n) is 5.52. The van der Waals surface area contributed by atoms with E-state index in [1.165, 1.54) is 19.3 Å². The molecule has 0 radical (unpaired) electrons. The molecule has 4 bridgehead atoms. The van der Waals surface area contributed by atoms with Crippen molar-refractivity contribution in [3.63, 3.8) is 0 Å². The molecule has 0 heterocycles. The number of aliphatic hydroxyl groups is 1. The van der Waals surface area contributed by atoms with Crippen molar-refractivity contribution in [2.75, 3.05) is 6.61 Å². The van der Waals surface area contributed by atoms with Gasteiger partial charge in [-0.3, -0.25) is 4.79 Å². The topological polar surface area (TPSA) is 49.3 Å². The Balaban J connectivity index is 1.87. The Morgan fingerprint density at radius 2 is 2.00 bits per heavy atom. The van der Waals surface area contributed by atoms with Gasteiger partial charge in [-0.25, -0.2) is 0 Å². The number of carbonyl (C=O) groups is 1. The predicted octanol–water partition coefficient (Wildman–Crippen LogP) is 3.00. The van der Waals surface area contributed by atoms with Gasteiger partial charge in [-0.2, -0.15) is 0 Å². The second-order valence-corrected chi connectivity index (χ2v) is 10.4. The number of alkyl halides is 1. The molecule has 4 unspecified atom stereocenters. The Bertz CT molecular complexity index is 430. The number of hydrogen-bond acceptors (Lipinski definition) is 2. The van der Waals surface area contributed by atoms with Gasteiger partial charge in [0.25, 0.3) is 0 Å². The summed E-state index contributed by atoms with van der Waals surface area (Å²) in [6.07, 6.45) is 6.70. The van der Waals surface area contributed by atoms with Crippen LogP contribution in [0.2, 0.25) is 0 Å². The predicted molar refractivity (Wildman–Crippen MR) is 82.7 cm³/mol. The highest BCUT2D eigenvalue weighted by Crippen LogP contribution is 2.68. The Morgan fingerprint density at radius 1 is 1.30 bits per heavy atom. The first-order valence-corrected chi connectivity index (χ1v) is 8.51. The zero-order chi connectivity index (χ0) is 14.8. The second-order valence-electron chi connectivity index (χ2n) is 8.75. The smallest absolute Gasteiger partial charge is 0.226 e. The summed E-state index contributed by atoms with van der Waals surface area (Å²) in [4.78, 5) is 12.9. The molecule has 0 aliphatic heterocycles. The molecule has 0 aromatic carbocycles. The lowest BCUT2D eigenvalue weighted by Gasteiger charge is -2.63. The number of aliphatic hydroxyl groups excluding tert-OH is 1. The van der Waals surface area contributed by atoms with Crippen molar-refractivity contribution in [3.8, 4) is 0 Å². The van der Waals surface area contributed by atoms with Gasteiger partial charge in [-0.05, 0) is 63.7 Å². The van der Waals surface area contributed by atoms with Gasteiger partial charge in [0, 0.05) is 4.32 Å². The van der Waals surface area contributed by atoms with Crippen LogP contribution >= 0.6 is 15.9 Å². The van der Waals surface area contributed by atoms with Gasteiger partial charge in [-0.15, -0.1) is 0 Å². The van der Waals surface area contributed by atoms with Crippen LogP contribution < -0.4 is 5.32 Å². The number of nitrogens with one attached hydrogen (secondary N) is 1. The monoisotopic (exact) mass is 343 g/mol. The summed E-state index contributed by atoms with van der Waals surface area (Å²) < 4.78 is 0.169. The minimum absolute atomic E-state index is 0.0189. The molecule has 2 N–H and O–H groups in total. The fraction of sp³-hybridized carbons (Fsp3) is 0.938. The third kappa shape index (κ3) is 2.33. The molecule has 1 amide bonds. The van der Waals surface area contributed by atoms with Crippen LogP contribution in [0.3, 0.4) is 0 Å². The van der Waals surface area contributed by atoms with Gasteiger partial charge in [0.1, 0.15) is 0 Å². The Kier molecular flexibility index (Phi) is 3.13. The maximum absolute atomic E-state index is 12.9. The highest BCUT2D eigenvalue weighted by atomic mass is 79.9. The molecule has 4 aliphatic carbocycles. The lowest BCUT2D eigenvalue weighted by atomic mass is 9.44. The quantitative estimate of drug-likeness (QED) is 0.774. The van der Waals surface area contributed by atoms with Crippen molar-refractivity contribution in [2.24, 2.45) is 16.7 Å². The van der Waals surface area contributed by atoms with Crippen molar-refractivity contribution in [2.45, 2.75) is 69.2 Å². The van der Waals surface area contributed by atoms with Gasteiger partial charge < -0.3 is 10.4 Å². The maximum Gasteiger partial charge on any atom is 0.226 e. The summed E-state index contributed by atoms with van der Waals surface area (Å²) >= 11 is 3.96. The lowest BCUT2D eigenvalue weighted by molar-refractivity contribution is -0.153.